The van der Waals surface area contributed by atoms with Crippen LogP contribution >= 0.6 is 23.2 Å². The van der Waals surface area contributed by atoms with Gasteiger partial charge >= 0.3 is 5.97 Å². The summed E-state index contributed by atoms with van der Waals surface area (Å²) in [6.45, 7) is 3.67. The number of nitrogens with zero attached hydrogens (tertiary/aromatic N) is 2. The summed E-state index contributed by atoms with van der Waals surface area (Å²) in [4.78, 5) is 33.4. The Morgan fingerprint density at radius 2 is 1.73 bits per heavy atom. The molecule has 37 heavy (non-hydrogen) atoms. The molecule has 0 saturated carbocycles. The zero-order chi connectivity index (χ0) is 27.0. The van der Waals surface area contributed by atoms with E-state index >= 15 is 0 Å². The van der Waals surface area contributed by atoms with Gasteiger partial charge in [-0.15, -0.1) is 0 Å². The summed E-state index contributed by atoms with van der Waals surface area (Å²) in [6.07, 6.45) is 4.75. The van der Waals surface area contributed by atoms with Crippen LogP contribution in [0.15, 0.2) is 59.9 Å². The Morgan fingerprint density at radius 1 is 1.05 bits per heavy atom. The number of anilines is 2. The van der Waals surface area contributed by atoms with E-state index in [2.05, 4.69) is 20.6 Å². The van der Waals surface area contributed by atoms with Gasteiger partial charge in [-0.3, -0.25) is 9.78 Å². The van der Waals surface area contributed by atoms with Crippen LogP contribution in [0.1, 0.15) is 36.2 Å². The third-order valence-electron chi connectivity index (χ3n) is 5.19. The smallest absolute Gasteiger partial charge is 0.328 e. The van der Waals surface area contributed by atoms with Crippen molar-refractivity contribution in [2.75, 3.05) is 23.0 Å². The second-order valence-corrected chi connectivity index (χ2v) is 10.9. The summed E-state index contributed by atoms with van der Waals surface area (Å²) in [5.74, 6) is -0.740. The molecule has 3 rings (SSSR count). The molecule has 0 bridgehead atoms. The maximum atomic E-state index is 12.7. The van der Waals surface area contributed by atoms with Gasteiger partial charge in [-0.2, -0.15) is 0 Å². The molecule has 0 radical (unpaired) electrons. The Bertz CT molecular complexity index is 1350. The van der Waals surface area contributed by atoms with Gasteiger partial charge in [-0.1, -0.05) is 42.3 Å². The maximum Gasteiger partial charge on any atom is 0.328 e. The van der Waals surface area contributed by atoms with Crippen LogP contribution in [0, 0.1) is 0 Å². The fourth-order valence-corrected chi connectivity index (χ4v) is 5.34. The molecule has 0 aliphatic carbocycles. The molecule has 1 amide bonds. The van der Waals surface area contributed by atoms with Crippen molar-refractivity contribution in [1.29, 1.82) is 0 Å². The number of hydrogen-bond donors (Lipinski definition) is 2. The molecule has 1 atom stereocenters. The van der Waals surface area contributed by atoms with Crippen LogP contribution in [0.25, 0.3) is 0 Å². The average Bonchev–Trinajstić information content (AvgIpc) is 2.85. The molecule has 9 nitrogen and oxygen atoms in total. The van der Waals surface area contributed by atoms with E-state index in [0.717, 1.165) is 5.56 Å². The number of aromatic nitrogens is 2. The molecule has 0 fully saturated rings. The molecule has 2 heterocycles. The van der Waals surface area contributed by atoms with Crippen LogP contribution in [0.4, 0.5) is 11.5 Å². The van der Waals surface area contributed by atoms with E-state index in [9.17, 15) is 18.0 Å². The molecule has 3 aromatic rings. The molecule has 2 N–H and O–H groups in total. The number of carbonyl (C=O) groups excluding carboxylic acids is 2. The van der Waals surface area contributed by atoms with E-state index in [1.807, 2.05) is 0 Å². The van der Waals surface area contributed by atoms with E-state index < -0.39 is 27.8 Å². The van der Waals surface area contributed by atoms with Gasteiger partial charge in [0.15, 0.2) is 9.84 Å². The van der Waals surface area contributed by atoms with Crippen molar-refractivity contribution >= 4 is 56.4 Å². The number of nitrogens with one attached hydrogen (secondary N) is 2. The van der Waals surface area contributed by atoms with E-state index in [4.69, 9.17) is 27.9 Å². The lowest BCUT2D eigenvalue weighted by atomic mass is 10.1. The largest absolute Gasteiger partial charge is 0.464 e. The van der Waals surface area contributed by atoms with Gasteiger partial charge in [0.2, 0.25) is 0 Å². The van der Waals surface area contributed by atoms with Crippen molar-refractivity contribution in [3.63, 3.8) is 0 Å². The first-order valence-electron chi connectivity index (χ1n) is 11.5. The molecule has 0 spiro atoms. The number of halogens is 2. The van der Waals surface area contributed by atoms with Crippen LogP contribution in [-0.4, -0.2) is 48.7 Å². The average molecular weight is 565 g/mol. The van der Waals surface area contributed by atoms with Crippen molar-refractivity contribution in [2.45, 2.75) is 37.6 Å². The fraction of sp³-hybridized carbons (Fsp3) is 0.280. The third kappa shape index (κ3) is 7.64. The molecule has 1 aromatic carbocycles. The standard InChI is InChI=1S/C25H26Cl2N4O5S/c1-3-11-37(34,35)18-9-10-29-22(13-18)31-21(25(33)36-4-2)12-16-5-7-17(8-6-16)30-24(32)23-19(26)14-28-15-20(23)27/h5-10,13-15,21H,3-4,11-12H2,1-2H3,(H,29,31)(H,30,32). The first-order valence-corrected chi connectivity index (χ1v) is 13.9. The molecular formula is C25H26Cl2N4O5S. The normalized spacial score (nSPS) is 12.0. The zero-order valence-corrected chi connectivity index (χ0v) is 22.5. The van der Waals surface area contributed by atoms with Crippen molar-refractivity contribution in [1.82, 2.24) is 9.97 Å². The third-order valence-corrected chi connectivity index (χ3v) is 7.68. The number of sulfone groups is 1. The predicted octanol–water partition coefficient (Wildman–Crippen LogP) is 4.81. The number of rotatable bonds is 11. The van der Waals surface area contributed by atoms with Gasteiger partial charge in [0.25, 0.3) is 5.91 Å². The van der Waals surface area contributed by atoms with E-state index in [1.54, 1.807) is 38.1 Å². The minimum atomic E-state index is -3.45. The number of ether oxygens (including phenoxy) is 1. The van der Waals surface area contributed by atoms with Crippen LogP contribution in [0.3, 0.4) is 0 Å². The van der Waals surface area contributed by atoms with Crippen LogP contribution in [0.2, 0.25) is 10.0 Å². The lowest BCUT2D eigenvalue weighted by Gasteiger charge is -2.18. The fourth-order valence-electron chi connectivity index (χ4n) is 3.47. The van der Waals surface area contributed by atoms with Gasteiger partial charge in [0.1, 0.15) is 11.9 Å². The van der Waals surface area contributed by atoms with Crippen LogP contribution in [-0.2, 0) is 25.8 Å². The summed E-state index contributed by atoms with van der Waals surface area (Å²) < 4.78 is 30.1. The van der Waals surface area contributed by atoms with Crippen molar-refractivity contribution in [3.05, 3.63) is 76.2 Å². The van der Waals surface area contributed by atoms with Gasteiger partial charge in [0, 0.05) is 30.7 Å². The molecule has 12 heteroatoms. The Morgan fingerprint density at radius 3 is 2.35 bits per heavy atom. The summed E-state index contributed by atoms with van der Waals surface area (Å²) >= 11 is 12.1. The quantitative estimate of drug-likeness (QED) is 0.318. The summed E-state index contributed by atoms with van der Waals surface area (Å²) in [7, 11) is -3.45. The summed E-state index contributed by atoms with van der Waals surface area (Å²) in [5.41, 5.74) is 1.37. The Labute approximate surface area is 225 Å². The van der Waals surface area contributed by atoms with Crippen molar-refractivity contribution < 1.29 is 22.7 Å². The molecule has 0 aliphatic rings. The maximum absolute atomic E-state index is 12.7. The van der Waals surface area contributed by atoms with Gasteiger partial charge in [-0.05, 0) is 43.2 Å². The SMILES string of the molecule is CCCS(=O)(=O)c1ccnc(NC(Cc2ccc(NC(=O)c3c(Cl)cncc3Cl)cc2)C(=O)OCC)c1. The first kappa shape index (κ1) is 28.4. The van der Waals surface area contributed by atoms with Gasteiger partial charge in [0.05, 0.1) is 32.9 Å². The lowest BCUT2D eigenvalue weighted by molar-refractivity contribution is -0.144. The highest BCUT2D eigenvalue weighted by Crippen LogP contribution is 2.24. The number of carbonyl (C=O) groups is 2. The van der Waals surface area contributed by atoms with Crippen LogP contribution in [0.5, 0.6) is 0 Å². The molecule has 1 unspecified atom stereocenters. The molecular weight excluding hydrogens is 539 g/mol. The highest BCUT2D eigenvalue weighted by Gasteiger charge is 2.22. The van der Waals surface area contributed by atoms with E-state index in [-0.39, 0.29) is 45.1 Å². The van der Waals surface area contributed by atoms with E-state index in [0.29, 0.717) is 12.1 Å². The monoisotopic (exact) mass is 564 g/mol. The van der Waals surface area contributed by atoms with E-state index in [1.165, 1.54) is 30.7 Å². The minimum absolute atomic E-state index is 0.0141. The Hall–Kier alpha value is -3.21. The van der Waals surface area contributed by atoms with Crippen molar-refractivity contribution in [3.8, 4) is 0 Å². The Balaban J connectivity index is 1.75. The van der Waals surface area contributed by atoms with Gasteiger partial charge < -0.3 is 15.4 Å². The topological polar surface area (TPSA) is 127 Å². The van der Waals surface area contributed by atoms with Crippen LogP contribution < -0.4 is 10.6 Å². The zero-order valence-electron chi connectivity index (χ0n) is 20.2. The lowest BCUT2D eigenvalue weighted by Crippen LogP contribution is -2.34. The molecule has 196 valence electrons. The number of esters is 1. The Kier molecular flexibility index (Phi) is 9.85. The second kappa shape index (κ2) is 12.8. The second-order valence-electron chi connectivity index (χ2n) is 7.98. The highest BCUT2D eigenvalue weighted by atomic mass is 35.5. The molecule has 0 saturated heterocycles. The van der Waals surface area contributed by atoms with Crippen molar-refractivity contribution in [2.24, 2.45) is 0 Å². The summed E-state index contributed by atoms with van der Waals surface area (Å²) in [5, 5.41) is 5.98. The number of hydrogen-bond acceptors (Lipinski definition) is 8. The molecule has 0 aliphatic heterocycles. The summed E-state index contributed by atoms with van der Waals surface area (Å²) in [6, 6.07) is 8.85. The first-order chi connectivity index (χ1) is 17.6. The number of pyridine rings is 2. The predicted molar refractivity (Wildman–Crippen MR) is 143 cm³/mol. The number of amides is 1. The minimum Gasteiger partial charge on any atom is -0.464 e. The molecule has 2 aromatic heterocycles. The number of benzene rings is 1. The highest BCUT2D eigenvalue weighted by molar-refractivity contribution is 7.91. The van der Waals surface area contributed by atoms with Gasteiger partial charge in [-0.25, -0.2) is 18.2 Å².